The summed E-state index contributed by atoms with van der Waals surface area (Å²) < 4.78 is 5.25. The van der Waals surface area contributed by atoms with Crippen molar-refractivity contribution in [3.63, 3.8) is 0 Å². The van der Waals surface area contributed by atoms with Gasteiger partial charge in [0.2, 0.25) is 11.9 Å². The summed E-state index contributed by atoms with van der Waals surface area (Å²) >= 11 is 0. The molecule has 2 atom stereocenters. The Labute approximate surface area is 153 Å². The Bertz CT molecular complexity index is 778. The first-order valence-corrected chi connectivity index (χ1v) is 8.69. The van der Waals surface area contributed by atoms with E-state index in [0.29, 0.717) is 12.5 Å². The second kappa shape index (κ2) is 7.59. The molecule has 1 amide bonds. The zero-order valence-electron chi connectivity index (χ0n) is 15.6. The number of benzene rings is 1. The van der Waals surface area contributed by atoms with Crippen molar-refractivity contribution in [2.75, 3.05) is 37.5 Å². The van der Waals surface area contributed by atoms with Crippen molar-refractivity contribution in [1.29, 1.82) is 0 Å². The summed E-state index contributed by atoms with van der Waals surface area (Å²) in [6, 6.07) is 9.92. The fourth-order valence-corrected chi connectivity index (χ4v) is 3.39. The number of ether oxygens (including phenoxy) is 1. The van der Waals surface area contributed by atoms with Crippen molar-refractivity contribution in [3.05, 3.63) is 41.6 Å². The largest absolute Gasteiger partial charge is 0.497 e. The van der Waals surface area contributed by atoms with Gasteiger partial charge in [-0.05, 0) is 24.6 Å². The van der Waals surface area contributed by atoms with Gasteiger partial charge < -0.3 is 20.3 Å². The van der Waals surface area contributed by atoms with Gasteiger partial charge in [-0.2, -0.15) is 4.98 Å². The Hall–Kier alpha value is -2.83. The first-order valence-electron chi connectivity index (χ1n) is 8.69. The average Bonchev–Trinajstić information content (AvgIpc) is 3.04. The van der Waals surface area contributed by atoms with Gasteiger partial charge >= 0.3 is 0 Å². The smallest absolute Gasteiger partial charge is 0.227 e. The Morgan fingerprint density at radius 3 is 2.58 bits per heavy atom. The van der Waals surface area contributed by atoms with Crippen LogP contribution in [0.4, 0.5) is 11.8 Å². The van der Waals surface area contributed by atoms with Gasteiger partial charge in [-0.1, -0.05) is 12.1 Å². The lowest BCUT2D eigenvalue weighted by Crippen LogP contribution is -2.38. The maximum absolute atomic E-state index is 11.7. The Kier molecular flexibility index (Phi) is 5.25. The summed E-state index contributed by atoms with van der Waals surface area (Å²) in [5, 5.41) is 6.15. The molecule has 0 radical (unpaired) electrons. The minimum Gasteiger partial charge on any atom is -0.497 e. The highest BCUT2D eigenvalue weighted by molar-refractivity contribution is 5.73. The van der Waals surface area contributed by atoms with Gasteiger partial charge in [-0.3, -0.25) is 4.79 Å². The molecule has 26 heavy (non-hydrogen) atoms. The van der Waals surface area contributed by atoms with Crippen molar-refractivity contribution < 1.29 is 9.53 Å². The minimum absolute atomic E-state index is 0.00282. The van der Waals surface area contributed by atoms with Crippen molar-refractivity contribution in [2.45, 2.75) is 25.8 Å². The number of hydrogen-bond acceptors (Lipinski definition) is 6. The zero-order chi connectivity index (χ0) is 18.7. The molecule has 1 fully saturated rings. The monoisotopic (exact) mass is 355 g/mol. The van der Waals surface area contributed by atoms with E-state index in [-0.39, 0.29) is 17.9 Å². The molecule has 138 valence electrons. The zero-order valence-corrected chi connectivity index (χ0v) is 15.6. The van der Waals surface area contributed by atoms with Gasteiger partial charge in [-0.15, -0.1) is 0 Å². The highest BCUT2D eigenvalue weighted by Crippen LogP contribution is 2.31. The molecule has 2 heterocycles. The van der Waals surface area contributed by atoms with Crippen LogP contribution in [0.25, 0.3) is 0 Å². The molecule has 0 aliphatic carbocycles. The van der Waals surface area contributed by atoms with Crippen LogP contribution in [0.3, 0.4) is 0 Å². The molecule has 0 bridgehead atoms. The quantitative estimate of drug-likeness (QED) is 0.853. The second-order valence-corrected chi connectivity index (χ2v) is 6.54. The standard InChI is InChI=1S/C19H25N5O2/c1-12-9-18(20-3)23-19(21-12)24-10-16(17(11-24)22-13(2)25)14-5-7-15(26-4)8-6-14/h5-9,16-17H,10-11H2,1-4H3,(H,22,25)(H,20,21,23)/t16-,17+/m0/s1. The third kappa shape index (κ3) is 3.87. The lowest BCUT2D eigenvalue weighted by molar-refractivity contribution is -0.119. The Morgan fingerprint density at radius 1 is 1.23 bits per heavy atom. The maximum Gasteiger partial charge on any atom is 0.227 e. The van der Waals surface area contributed by atoms with E-state index in [1.54, 1.807) is 14.0 Å². The predicted molar refractivity (Wildman–Crippen MR) is 102 cm³/mol. The fraction of sp³-hybridized carbons (Fsp3) is 0.421. The third-order valence-corrected chi connectivity index (χ3v) is 4.63. The van der Waals surface area contributed by atoms with Crippen molar-refractivity contribution in [3.8, 4) is 5.75 Å². The molecule has 7 heteroatoms. The molecule has 0 saturated carbocycles. The van der Waals surface area contributed by atoms with E-state index >= 15 is 0 Å². The summed E-state index contributed by atoms with van der Waals surface area (Å²) in [6.07, 6.45) is 0. The molecule has 1 saturated heterocycles. The van der Waals surface area contributed by atoms with Crippen LogP contribution in [0.1, 0.15) is 24.1 Å². The summed E-state index contributed by atoms with van der Waals surface area (Å²) in [7, 11) is 3.50. The van der Waals surface area contributed by atoms with Crippen LogP contribution in [-0.2, 0) is 4.79 Å². The molecule has 3 rings (SSSR count). The summed E-state index contributed by atoms with van der Waals surface area (Å²) in [5.74, 6) is 2.42. The fourth-order valence-electron chi connectivity index (χ4n) is 3.39. The van der Waals surface area contributed by atoms with Crippen LogP contribution in [0, 0.1) is 6.92 Å². The van der Waals surface area contributed by atoms with Crippen LogP contribution in [0.2, 0.25) is 0 Å². The van der Waals surface area contributed by atoms with Crippen LogP contribution in [-0.4, -0.2) is 49.2 Å². The van der Waals surface area contributed by atoms with Crippen molar-refractivity contribution >= 4 is 17.7 Å². The van der Waals surface area contributed by atoms with Crippen molar-refractivity contribution in [2.24, 2.45) is 0 Å². The number of hydrogen-bond donors (Lipinski definition) is 2. The number of anilines is 2. The van der Waals surface area contributed by atoms with Gasteiger partial charge in [0.1, 0.15) is 11.6 Å². The third-order valence-electron chi connectivity index (χ3n) is 4.63. The summed E-state index contributed by atoms with van der Waals surface area (Å²) in [6.45, 7) is 4.91. The molecule has 2 N–H and O–H groups in total. The number of nitrogens with one attached hydrogen (secondary N) is 2. The summed E-state index contributed by atoms with van der Waals surface area (Å²) in [5.41, 5.74) is 2.07. The van der Waals surface area contributed by atoms with Crippen molar-refractivity contribution in [1.82, 2.24) is 15.3 Å². The Morgan fingerprint density at radius 2 is 1.96 bits per heavy atom. The second-order valence-electron chi connectivity index (χ2n) is 6.54. The molecule has 1 aliphatic heterocycles. The van der Waals surface area contributed by atoms with Crippen LogP contribution in [0.15, 0.2) is 30.3 Å². The normalized spacial score (nSPS) is 19.3. The number of aryl methyl sites for hydroxylation is 1. The van der Waals surface area contributed by atoms with E-state index in [9.17, 15) is 4.79 Å². The van der Waals surface area contributed by atoms with Gasteiger partial charge in [0, 0.05) is 44.7 Å². The number of carbonyl (C=O) groups excluding carboxylic acids is 1. The number of carbonyl (C=O) groups is 1. The van der Waals surface area contributed by atoms with E-state index in [1.165, 1.54) is 0 Å². The SMILES string of the molecule is CNc1cc(C)nc(N2C[C@@H](NC(C)=O)[C@H](c3ccc(OC)cc3)C2)n1. The molecule has 1 aromatic carbocycles. The van der Waals surface area contributed by atoms with Gasteiger partial charge in [-0.25, -0.2) is 4.98 Å². The van der Waals surface area contributed by atoms with Crippen LogP contribution >= 0.6 is 0 Å². The number of rotatable bonds is 5. The molecule has 1 aliphatic rings. The van der Waals surface area contributed by atoms with E-state index < -0.39 is 0 Å². The number of amides is 1. The van der Waals surface area contributed by atoms with Gasteiger partial charge in [0.05, 0.1) is 13.2 Å². The van der Waals surface area contributed by atoms with Crippen LogP contribution in [0.5, 0.6) is 5.75 Å². The minimum atomic E-state index is -0.0311. The number of methoxy groups -OCH3 is 1. The number of nitrogens with zero attached hydrogens (tertiary/aromatic N) is 3. The van der Waals surface area contributed by atoms with Gasteiger partial charge in [0.15, 0.2) is 0 Å². The average molecular weight is 355 g/mol. The van der Waals surface area contributed by atoms with E-state index in [0.717, 1.165) is 29.4 Å². The molecule has 0 spiro atoms. The molecule has 7 nitrogen and oxygen atoms in total. The van der Waals surface area contributed by atoms with E-state index in [1.807, 2.05) is 32.2 Å². The molecule has 2 aromatic rings. The van der Waals surface area contributed by atoms with E-state index in [2.05, 4.69) is 37.6 Å². The predicted octanol–water partition coefficient (Wildman–Crippen LogP) is 1.94. The first-order chi connectivity index (χ1) is 12.5. The molecular weight excluding hydrogens is 330 g/mol. The first kappa shape index (κ1) is 18.0. The number of aromatic nitrogens is 2. The lowest BCUT2D eigenvalue weighted by Gasteiger charge is -2.19. The lowest BCUT2D eigenvalue weighted by atomic mass is 9.94. The molecule has 0 unspecified atom stereocenters. The summed E-state index contributed by atoms with van der Waals surface area (Å²) in [4.78, 5) is 23.0. The topological polar surface area (TPSA) is 79.4 Å². The van der Waals surface area contributed by atoms with Crippen LogP contribution < -0.4 is 20.3 Å². The highest BCUT2D eigenvalue weighted by Gasteiger charge is 2.35. The highest BCUT2D eigenvalue weighted by atomic mass is 16.5. The molecular formula is C19H25N5O2. The van der Waals surface area contributed by atoms with E-state index in [4.69, 9.17) is 4.74 Å². The molecule has 1 aromatic heterocycles. The van der Waals surface area contributed by atoms with Gasteiger partial charge in [0.25, 0.3) is 0 Å². The Balaban J connectivity index is 1.88. The maximum atomic E-state index is 11.7.